The van der Waals surface area contributed by atoms with Crippen molar-refractivity contribution >= 4 is 40.1 Å². The summed E-state index contributed by atoms with van der Waals surface area (Å²) in [7, 11) is 0. The highest BCUT2D eigenvalue weighted by atomic mass is 16.5. The van der Waals surface area contributed by atoms with E-state index in [1.165, 1.54) is 0 Å². The van der Waals surface area contributed by atoms with E-state index in [0.717, 1.165) is 11.1 Å². The summed E-state index contributed by atoms with van der Waals surface area (Å²) in [5.41, 5.74) is 3.54. The van der Waals surface area contributed by atoms with E-state index >= 15 is 0 Å². The van der Waals surface area contributed by atoms with Gasteiger partial charge in [-0.1, -0.05) is 18.2 Å². The van der Waals surface area contributed by atoms with Gasteiger partial charge in [-0.3, -0.25) is 14.4 Å². The Labute approximate surface area is 174 Å². The van der Waals surface area contributed by atoms with Crippen LogP contribution in [0.2, 0.25) is 0 Å². The molecule has 3 aromatic rings. The average molecular weight is 408 g/mol. The Morgan fingerprint density at radius 2 is 1.73 bits per heavy atom. The summed E-state index contributed by atoms with van der Waals surface area (Å²) in [6, 6.07) is 12.6. The molecule has 2 amide bonds. The maximum absolute atomic E-state index is 12.9. The standard InChI is InChI=1S/C23H24N2O5/c1-4-29-20(27)12-11-19(26)25-21-17-7-5-6-8-18(17)30-22(21)23(28)24-16-10-9-14(2)15(3)13-16/h5-10,13H,4,11-12H2,1-3H3,(H,24,28)(H,25,26). The number of para-hydroxylation sites is 1. The average Bonchev–Trinajstić information content (AvgIpc) is 3.08. The number of hydrogen-bond acceptors (Lipinski definition) is 5. The molecule has 1 aromatic heterocycles. The van der Waals surface area contributed by atoms with Crippen molar-refractivity contribution in [2.45, 2.75) is 33.6 Å². The fourth-order valence-electron chi connectivity index (χ4n) is 2.99. The van der Waals surface area contributed by atoms with E-state index in [1.54, 1.807) is 37.3 Å². The lowest BCUT2D eigenvalue weighted by Crippen LogP contribution is -2.18. The second kappa shape index (κ2) is 9.26. The van der Waals surface area contributed by atoms with Gasteiger partial charge < -0.3 is 19.8 Å². The third-order valence-electron chi connectivity index (χ3n) is 4.69. The lowest BCUT2D eigenvalue weighted by Gasteiger charge is -2.09. The van der Waals surface area contributed by atoms with Gasteiger partial charge in [-0.25, -0.2) is 0 Å². The van der Waals surface area contributed by atoms with Crippen molar-refractivity contribution in [2.75, 3.05) is 17.2 Å². The summed E-state index contributed by atoms with van der Waals surface area (Å²) in [6.45, 7) is 5.91. The van der Waals surface area contributed by atoms with Crippen LogP contribution >= 0.6 is 0 Å². The van der Waals surface area contributed by atoms with Crippen molar-refractivity contribution in [3.8, 4) is 0 Å². The van der Waals surface area contributed by atoms with Crippen LogP contribution in [0.5, 0.6) is 0 Å². The molecule has 0 bridgehead atoms. The highest BCUT2D eigenvalue weighted by Crippen LogP contribution is 2.31. The number of nitrogens with one attached hydrogen (secondary N) is 2. The summed E-state index contributed by atoms with van der Waals surface area (Å²) < 4.78 is 10.6. The lowest BCUT2D eigenvalue weighted by atomic mass is 10.1. The Bertz CT molecular complexity index is 1100. The van der Waals surface area contributed by atoms with Gasteiger partial charge in [0, 0.05) is 17.5 Å². The summed E-state index contributed by atoms with van der Waals surface area (Å²) >= 11 is 0. The van der Waals surface area contributed by atoms with Crippen LogP contribution in [-0.2, 0) is 14.3 Å². The first-order valence-electron chi connectivity index (χ1n) is 9.74. The highest BCUT2D eigenvalue weighted by Gasteiger charge is 2.22. The Balaban J connectivity index is 1.83. The zero-order valence-corrected chi connectivity index (χ0v) is 17.2. The van der Waals surface area contributed by atoms with Crippen molar-refractivity contribution in [2.24, 2.45) is 0 Å². The summed E-state index contributed by atoms with van der Waals surface area (Å²) in [6.07, 6.45) is -0.101. The first-order valence-corrected chi connectivity index (χ1v) is 9.74. The maximum Gasteiger partial charge on any atom is 0.306 e. The third kappa shape index (κ3) is 4.86. The summed E-state index contributed by atoms with van der Waals surface area (Å²) in [4.78, 5) is 36.8. The number of carbonyl (C=O) groups is 3. The van der Waals surface area contributed by atoms with Gasteiger partial charge in [-0.15, -0.1) is 0 Å². The molecule has 0 saturated heterocycles. The Hall–Kier alpha value is -3.61. The molecule has 2 aromatic carbocycles. The molecular formula is C23H24N2O5. The fraction of sp³-hybridized carbons (Fsp3) is 0.261. The SMILES string of the molecule is CCOC(=O)CCC(=O)Nc1c(C(=O)Nc2ccc(C)c(C)c2)oc2ccccc12. The van der Waals surface area contributed by atoms with E-state index < -0.39 is 17.8 Å². The van der Waals surface area contributed by atoms with Crippen LogP contribution in [0, 0.1) is 13.8 Å². The van der Waals surface area contributed by atoms with Crippen LogP contribution in [-0.4, -0.2) is 24.4 Å². The monoisotopic (exact) mass is 408 g/mol. The number of carbonyl (C=O) groups excluding carboxylic acids is 3. The summed E-state index contributed by atoms with van der Waals surface area (Å²) in [5, 5.41) is 6.13. The van der Waals surface area contributed by atoms with Crippen LogP contribution in [0.25, 0.3) is 11.0 Å². The number of rotatable bonds is 7. The van der Waals surface area contributed by atoms with Gasteiger partial charge in [-0.05, 0) is 56.2 Å². The van der Waals surface area contributed by atoms with E-state index in [0.29, 0.717) is 16.7 Å². The van der Waals surface area contributed by atoms with Crippen molar-refractivity contribution < 1.29 is 23.5 Å². The predicted molar refractivity (Wildman–Crippen MR) is 115 cm³/mol. The van der Waals surface area contributed by atoms with Gasteiger partial charge in [0.2, 0.25) is 11.7 Å². The van der Waals surface area contributed by atoms with E-state index in [1.807, 2.05) is 26.0 Å². The van der Waals surface area contributed by atoms with Gasteiger partial charge in [0.1, 0.15) is 11.3 Å². The topological polar surface area (TPSA) is 97.6 Å². The number of esters is 1. The molecule has 1 heterocycles. The van der Waals surface area contributed by atoms with Gasteiger partial charge in [0.05, 0.1) is 13.0 Å². The normalized spacial score (nSPS) is 10.6. The molecule has 0 radical (unpaired) electrons. The minimum absolute atomic E-state index is 0.00101. The molecular weight excluding hydrogens is 384 g/mol. The fourth-order valence-corrected chi connectivity index (χ4v) is 2.99. The third-order valence-corrected chi connectivity index (χ3v) is 4.69. The number of anilines is 2. The lowest BCUT2D eigenvalue weighted by molar-refractivity contribution is -0.144. The Morgan fingerprint density at radius 3 is 2.47 bits per heavy atom. The van der Waals surface area contributed by atoms with Crippen LogP contribution in [0.15, 0.2) is 46.9 Å². The number of ether oxygens (including phenoxy) is 1. The molecule has 2 N–H and O–H groups in total. The molecule has 156 valence electrons. The number of benzene rings is 2. The zero-order valence-electron chi connectivity index (χ0n) is 17.2. The van der Waals surface area contributed by atoms with Crippen LogP contribution in [0.4, 0.5) is 11.4 Å². The minimum Gasteiger partial charge on any atom is -0.466 e. The maximum atomic E-state index is 12.9. The van der Waals surface area contributed by atoms with Crippen LogP contribution < -0.4 is 10.6 Å². The number of furan rings is 1. The Kier molecular flexibility index (Phi) is 6.51. The van der Waals surface area contributed by atoms with Crippen molar-refractivity contribution in [3.05, 3.63) is 59.4 Å². The number of fused-ring (bicyclic) bond motifs is 1. The molecule has 0 unspecified atom stereocenters. The molecule has 3 rings (SSSR count). The molecule has 0 aliphatic carbocycles. The van der Waals surface area contributed by atoms with Crippen LogP contribution in [0.1, 0.15) is 41.4 Å². The van der Waals surface area contributed by atoms with Gasteiger partial charge in [0.15, 0.2) is 0 Å². The number of hydrogen-bond donors (Lipinski definition) is 2. The predicted octanol–water partition coefficient (Wildman–Crippen LogP) is 4.58. The van der Waals surface area contributed by atoms with Crippen molar-refractivity contribution in [1.82, 2.24) is 0 Å². The number of aryl methyl sites for hydroxylation is 2. The van der Waals surface area contributed by atoms with E-state index in [2.05, 4.69) is 10.6 Å². The van der Waals surface area contributed by atoms with Gasteiger partial charge in [-0.2, -0.15) is 0 Å². The molecule has 0 atom stereocenters. The molecule has 0 aliphatic rings. The van der Waals surface area contributed by atoms with Crippen molar-refractivity contribution in [3.63, 3.8) is 0 Å². The van der Waals surface area contributed by atoms with Gasteiger partial charge >= 0.3 is 5.97 Å². The molecule has 30 heavy (non-hydrogen) atoms. The second-order valence-corrected chi connectivity index (χ2v) is 6.91. The van der Waals surface area contributed by atoms with Crippen LogP contribution in [0.3, 0.4) is 0 Å². The van der Waals surface area contributed by atoms with Crippen molar-refractivity contribution in [1.29, 1.82) is 0 Å². The summed E-state index contributed by atoms with van der Waals surface area (Å²) in [5.74, 6) is -1.33. The smallest absolute Gasteiger partial charge is 0.306 e. The molecule has 0 aliphatic heterocycles. The molecule has 0 spiro atoms. The first-order chi connectivity index (χ1) is 14.4. The second-order valence-electron chi connectivity index (χ2n) is 6.91. The first kappa shape index (κ1) is 21.1. The largest absolute Gasteiger partial charge is 0.466 e. The molecule has 0 saturated carbocycles. The minimum atomic E-state index is -0.477. The number of amides is 2. The highest BCUT2D eigenvalue weighted by molar-refractivity contribution is 6.14. The zero-order chi connectivity index (χ0) is 21.7. The van der Waals surface area contributed by atoms with E-state index in [-0.39, 0.29) is 30.9 Å². The quantitative estimate of drug-likeness (QED) is 0.558. The molecule has 7 nitrogen and oxygen atoms in total. The van der Waals surface area contributed by atoms with E-state index in [4.69, 9.17) is 9.15 Å². The van der Waals surface area contributed by atoms with Gasteiger partial charge in [0.25, 0.3) is 5.91 Å². The molecule has 7 heteroatoms. The molecule has 0 fully saturated rings. The Morgan fingerprint density at radius 1 is 0.967 bits per heavy atom. The van der Waals surface area contributed by atoms with E-state index in [9.17, 15) is 14.4 Å².